The molecule has 3 heteroatoms. The smallest absolute Gasteiger partial charge is 0.261 e. The molecule has 0 atom stereocenters. The molecular formula is C27H33IOSi. The van der Waals surface area contributed by atoms with Gasteiger partial charge in [0.1, 0.15) is 0 Å². The normalized spacial score (nSPS) is 15.9. The molecule has 0 N–H and O–H groups in total. The van der Waals surface area contributed by atoms with Crippen LogP contribution in [0.4, 0.5) is 0 Å². The summed E-state index contributed by atoms with van der Waals surface area (Å²) in [7, 11) is -2.53. The minimum atomic E-state index is -2.53. The van der Waals surface area contributed by atoms with E-state index in [-0.39, 0.29) is 10.5 Å². The molecule has 1 aliphatic rings. The summed E-state index contributed by atoms with van der Waals surface area (Å²) in [6.07, 6.45) is 12.3. The first-order valence-electron chi connectivity index (χ1n) is 10.7. The SMILES string of the molecule is C=C(I)CCC1(CO[Si](c2ccccc2)(c2ccccc2)C(C)(C)C)C=CCC=C1. The van der Waals surface area contributed by atoms with Crippen LogP contribution in [0.3, 0.4) is 0 Å². The summed E-state index contributed by atoms with van der Waals surface area (Å²) in [5.74, 6) is 0. The van der Waals surface area contributed by atoms with Crippen molar-refractivity contribution < 1.29 is 4.43 Å². The van der Waals surface area contributed by atoms with Gasteiger partial charge in [-0.2, -0.15) is 0 Å². The number of hydrogen-bond donors (Lipinski definition) is 0. The predicted molar refractivity (Wildman–Crippen MR) is 141 cm³/mol. The Hall–Kier alpha value is -1.43. The Kier molecular flexibility index (Phi) is 7.59. The highest BCUT2D eigenvalue weighted by Gasteiger charge is 2.51. The topological polar surface area (TPSA) is 9.23 Å². The van der Waals surface area contributed by atoms with Crippen molar-refractivity contribution in [2.45, 2.75) is 45.1 Å². The van der Waals surface area contributed by atoms with Crippen molar-refractivity contribution in [2.24, 2.45) is 5.41 Å². The van der Waals surface area contributed by atoms with Crippen molar-refractivity contribution in [3.05, 3.63) is 95.1 Å². The third-order valence-electron chi connectivity index (χ3n) is 6.01. The van der Waals surface area contributed by atoms with Gasteiger partial charge in [0.05, 0.1) is 0 Å². The molecule has 3 rings (SSSR count). The molecule has 0 saturated heterocycles. The van der Waals surface area contributed by atoms with E-state index in [2.05, 4.69) is 135 Å². The molecule has 30 heavy (non-hydrogen) atoms. The minimum absolute atomic E-state index is 0.00808. The molecule has 0 aliphatic heterocycles. The van der Waals surface area contributed by atoms with Crippen LogP contribution in [0.5, 0.6) is 0 Å². The van der Waals surface area contributed by atoms with E-state index in [0.717, 1.165) is 19.3 Å². The number of hydrogen-bond acceptors (Lipinski definition) is 1. The summed E-state index contributed by atoms with van der Waals surface area (Å²) in [6, 6.07) is 21.8. The number of benzene rings is 2. The lowest BCUT2D eigenvalue weighted by Crippen LogP contribution is -2.67. The Morgan fingerprint density at radius 2 is 1.47 bits per heavy atom. The third-order valence-corrected chi connectivity index (χ3v) is 11.5. The summed E-state index contributed by atoms with van der Waals surface area (Å²) >= 11 is 2.35. The highest BCUT2D eigenvalue weighted by Crippen LogP contribution is 2.40. The molecule has 158 valence electrons. The maximum atomic E-state index is 7.25. The first-order valence-corrected chi connectivity index (χ1v) is 13.7. The second-order valence-electron chi connectivity index (χ2n) is 9.24. The fraction of sp³-hybridized carbons (Fsp3) is 0.333. The zero-order chi connectivity index (χ0) is 21.7. The largest absolute Gasteiger partial charge is 0.406 e. The summed E-state index contributed by atoms with van der Waals surface area (Å²) in [6.45, 7) is 11.8. The molecule has 0 aromatic heterocycles. The summed E-state index contributed by atoms with van der Waals surface area (Å²) in [4.78, 5) is 0. The van der Waals surface area contributed by atoms with Crippen LogP contribution in [0.1, 0.15) is 40.0 Å². The van der Waals surface area contributed by atoms with Crippen molar-refractivity contribution in [1.29, 1.82) is 0 Å². The third kappa shape index (κ3) is 5.06. The second-order valence-corrected chi connectivity index (χ2v) is 15.1. The van der Waals surface area contributed by atoms with Gasteiger partial charge in [0.2, 0.25) is 0 Å². The van der Waals surface area contributed by atoms with E-state index in [1.54, 1.807) is 0 Å². The van der Waals surface area contributed by atoms with Crippen LogP contribution in [0, 0.1) is 5.41 Å². The standard InChI is InChI=1S/C27H33IOSi/c1-23(28)18-21-27(19-12-7-13-20-27)22-29-30(26(2,3)4,24-14-8-5-9-15-24)25-16-10-6-11-17-25/h5-6,8-17,19-20H,1,7,18,21-22H2,2-4H3. The van der Waals surface area contributed by atoms with E-state index in [4.69, 9.17) is 4.43 Å². The van der Waals surface area contributed by atoms with Crippen molar-refractivity contribution >= 4 is 41.3 Å². The summed E-state index contributed by atoms with van der Waals surface area (Å²) in [5.41, 5.74) is -0.0700. The van der Waals surface area contributed by atoms with Crippen molar-refractivity contribution in [2.75, 3.05) is 6.61 Å². The molecule has 0 fully saturated rings. The van der Waals surface area contributed by atoms with Crippen LogP contribution in [-0.4, -0.2) is 14.9 Å². The molecule has 1 aliphatic carbocycles. The quantitative estimate of drug-likeness (QED) is 0.208. The van der Waals surface area contributed by atoms with Crippen LogP contribution in [0.2, 0.25) is 5.04 Å². The van der Waals surface area contributed by atoms with Crippen LogP contribution in [-0.2, 0) is 4.43 Å². The van der Waals surface area contributed by atoms with Gasteiger partial charge in [0, 0.05) is 12.0 Å². The van der Waals surface area contributed by atoms with Gasteiger partial charge in [-0.05, 0) is 60.8 Å². The highest BCUT2D eigenvalue weighted by molar-refractivity contribution is 14.1. The Bertz CT molecular complexity index is 842. The first-order chi connectivity index (χ1) is 14.3. The van der Waals surface area contributed by atoms with Gasteiger partial charge in [0.25, 0.3) is 8.32 Å². The fourth-order valence-corrected chi connectivity index (χ4v) is 9.36. The van der Waals surface area contributed by atoms with Crippen LogP contribution >= 0.6 is 22.6 Å². The van der Waals surface area contributed by atoms with E-state index in [0.29, 0.717) is 6.61 Å². The average Bonchev–Trinajstić information content (AvgIpc) is 2.74. The zero-order valence-corrected chi connectivity index (χ0v) is 21.6. The lowest BCUT2D eigenvalue weighted by molar-refractivity contribution is 0.206. The van der Waals surface area contributed by atoms with Crippen LogP contribution < -0.4 is 10.4 Å². The zero-order valence-electron chi connectivity index (χ0n) is 18.4. The van der Waals surface area contributed by atoms with Gasteiger partial charge in [-0.1, -0.05) is 112 Å². The molecule has 0 spiro atoms. The van der Waals surface area contributed by atoms with E-state index in [1.807, 2.05) is 0 Å². The van der Waals surface area contributed by atoms with Gasteiger partial charge in [0.15, 0.2) is 0 Å². The van der Waals surface area contributed by atoms with E-state index in [1.165, 1.54) is 14.0 Å². The molecule has 1 nitrogen and oxygen atoms in total. The summed E-state index contributed by atoms with van der Waals surface area (Å²) < 4.78 is 8.44. The molecule has 2 aromatic rings. The Balaban J connectivity index is 2.07. The van der Waals surface area contributed by atoms with Gasteiger partial charge in [-0.15, -0.1) is 0 Å². The van der Waals surface area contributed by atoms with Gasteiger partial charge in [-0.3, -0.25) is 0 Å². The minimum Gasteiger partial charge on any atom is -0.406 e. The van der Waals surface area contributed by atoms with Crippen molar-refractivity contribution in [1.82, 2.24) is 0 Å². The van der Waals surface area contributed by atoms with E-state index in [9.17, 15) is 0 Å². The first kappa shape index (κ1) is 23.2. The lowest BCUT2D eigenvalue weighted by Gasteiger charge is -2.45. The van der Waals surface area contributed by atoms with Gasteiger partial charge < -0.3 is 4.43 Å². The maximum Gasteiger partial charge on any atom is 0.261 e. The average molecular weight is 529 g/mol. The fourth-order valence-electron chi connectivity index (χ4n) is 4.45. The van der Waals surface area contributed by atoms with Crippen LogP contribution in [0.15, 0.2) is 95.1 Å². The molecule has 2 aromatic carbocycles. The predicted octanol–water partition coefficient (Wildman–Crippen LogP) is 6.79. The molecule has 0 saturated carbocycles. The molecular weight excluding hydrogens is 495 g/mol. The Morgan fingerprint density at radius 3 is 1.90 bits per heavy atom. The van der Waals surface area contributed by atoms with Gasteiger partial charge >= 0.3 is 0 Å². The summed E-state index contributed by atoms with van der Waals surface area (Å²) in [5, 5.41) is 2.66. The second kappa shape index (κ2) is 9.80. The van der Waals surface area contributed by atoms with E-state index >= 15 is 0 Å². The van der Waals surface area contributed by atoms with Crippen LogP contribution in [0.25, 0.3) is 0 Å². The van der Waals surface area contributed by atoms with Crippen molar-refractivity contribution in [3.63, 3.8) is 0 Å². The molecule has 0 amide bonds. The van der Waals surface area contributed by atoms with Gasteiger partial charge in [-0.25, -0.2) is 0 Å². The molecule has 0 unspecified atom stereocenters. The Morgan fingerprint density at radius 1 is 0.967 bits per heavy atom. The number of allylic oxidation sites excluding steroid dienone is 3. The molecule has 0 bridgehead atoms. The number of rotatable bonds is 8. The maximum absolute atomic E-state index is 7.25. The lowest BCUT2D eigenvalue weighted by atomic mass is 9.81. The van der Waals surface area contributed by atoms with E-state index < -0.39 is 8.32 Å². The monoisotopic (exact) mass is 528 g/mol. The van der Waals surface area contributed by atoms with Crippen molar-refractivity contribution in [3.8, 4) is 0 Å². The highest BCUT2D eigenvalue weighted by atomic mass is 127. The Labute approximate surface area is 197 Å². The molecule has 0 radical (unpaired) electrons. The number of halogens is 1. The molecule has 0 heterocycles.